The van der Waals surface area contributed by atoms with Crippen molar-refractivity contribution in [3.05, 3.63) is 23.8 Å². The fourth-order valence-corrected chi connectivity index (χ4v) is 2.60. The summed E-state index contributed by atoms with van der Waals surface area (Å²) in [6.45, 7) is -7.16. The van der Waals surface area contributed by atoms with Crippen molar-refractivity contribution < 1.29 is 57.3 Å². The molecule has 1 aliphatic heterocycles. The third kappa shape index (κ3) is 6.07. The zero-order chi connectivity index (χ0) is 30.8. The molecule has 1 heterocycles. The van der Waals surface area contributed by atoms with Crippen molar-refractivity contribution in [3.8, 4) is 5.75 Å². The zero-order valence-corrected chi connectivity index (χ0v) is 15.5. The highest BCUT2D eigenvalue weighted by atomic mass is 16.7. The maximum atomic E-state index is 12.6. The molecule has 0 amide bonds. The van der Waals surface area contributed by atoms with Gasteiger partial charge in [-0.25, -0.2) is 4.79 Å². The molecule has 10 heteroatoms. The van der Waals surface area contributed by atoms with E-state index in [1.165, 1.54) is 6.07 Å². The molecule has 1 saturated heterocycles. The molecule has 0 aliphatic carbocycles. The van der Waals surface area contributed by atoms with Crippen molar-refractivity contribution in [1.29, 1.82) is 0 Å². The van der Waals surface area contributed by atoms with E-state index in [1.54, 1.807) is 0 Å². The van der Waals surface area contributed by atoms with Crippen LogP contribution in [0.3, 0.4) is 0 Å². The number of hydrogen-bond acceptors (Lipinski definition) is 9. The molecule has 4 atom stereocenters. The smallest absolute Gasteiger partial charge is 0.339 e. The van der Waals surface area contributed by atoms with Gasteiger partial charge < -0.3 is 34.9 Å². The molecule has 1 aliphatic rings. The second-order valence-electron chi connectivity index (χ2n) is 6.06. The van der Waals surface area contributed by atoms with Crippen molar-refractivity contribution in [2.24, 2.45) is 0 Å². The van der Waals surface area contributed by atoms with Crippen molar-refractivity contribution in [2.45, 2.75) is 63.9 Å². The van der Waals surface area contributed by atoms with Crippen LogP contribution in [0.4, 0.5) is 5.69 Å². The van der Waals surface area contributed by atoms with Gasteiger partial charge in [0.1, 0.15) is 17.4 Å². The molecule has 0 spiro atoms. The Balaban J connectivity index is 2.42. The van der Waals surface area contributed by atoms with Gasteiger partial charge in [0.05, 0.1) is 6.61 Å². The highest BCUT2D eigenvalue weighted by Gasteiger charge is 2.46. The first-order valence-electron chi connectivity index (χ1n) is 13.5. The molecule has 4 N–H and O–H groups in total. The van der Waals surface area contributed by atoms with Gasteiger partial charge in [-0.15, -0.1) is 0 Å². The van der Waals surface area contributed by atoms with Gasteiger partial charge in [-0.05, 0) is 30.9 Å². The number of esters is 2. The van der Waals surface area contributed by atoms with Crippen LogP contribution in [-0.4, -0.2) is 59.3 Å². The first-order chi connectivity index (χ1) is 18.1. The highest BCUT2D eigenvalue weighted by Crippen LogP contribution is 2.29. The van der Waals surface area contributed by atoms with Crippen LogP contribution in [0.15, 0.2) is 18.2 Å². The minimum absolute atomic E-state index is 0.0370. The third-order valence-corrected chi connectivity index (χ3v) is 3.88. The number of carbonyl (C=O) groups is 3. The van der Waals surface area contributed by atoms with Crippen LogP contribution in [0.5, 0.6) is 5.75 Å². The number of aliphatic hydroxyl groups excluding tert-OH is 1. The number of ether oxygens (including phenoxy) is 4. The summed E-state index contributed by atoms with van der Waals surface area (Å²) in [4.78, 5) is 36.7. The Morgan fingerprint density at radius 3 is 2.43 bits per heavy atom. The fraction of sp³-hybridized carbons (Fsp3) is 0.550. The lowest BCUT2D eigenvalue weighted by molar-refractivity contribution is -0.257. The van der Waals surface area contributed by atoms with E-state index in [4.69, 9.17) is 38.4 Å². The van der Waals surface area contributed by atoms with Crippen LogP contribution < -0.4 is 10.5 Å². The predicted molar refractivity (Wildman–Crippen MR) is 104 cm³/mol. The number of anilines is 1. The monoisotopic (exact) mass is 435 g/mol. The molecular weight excluding hydrogens is 398 g/mol. The van der Waals surface area contributed by atoms with E-state index in [2.05, 4.69) is 0 Å². The number of benzene rings is 1. The third-order valence-electron chi connectivity index (χ3n) is 3.88. The first-order valence-corrected chi connectivity index (χ1v) is 8.54. The number of nitrogens with two attached hydrogens (primary N) is 1. The maximum Gasteiger partial charge on any atom is 0.339 e. The van der Waals surface area contributed by atoms with E-state index >= 15 is 0 Å². The Kier molecular flexibility index (Phi) is 4.59. The molecule has 1 fully saturated rings. The summed E-state index contributed by atoms with van der Waals surface area (Å²) in [5.74, 6) is -4.87. The van der Waals surface area contributed by atoms with E-state index in [9.17, 15) is 24.6 Å². The van der Waals surface area contributed by atoms with Gasteiger partial charge in [-0.2, -0.15) is 0 Å². The average Bonchev–Trinajstić information content (AvgIpc) is 2.76. The minimum Gasteiger partial charge on any atom is -0.478 e. The molecule has 1 aromatic carbocycles. The molecule has 10 nitrogen and oxygen atoms in total. The summed E-state index contributed by atoms with van der Waals surface area (Å²) in [5.41, 5.74) is 5.16. The van der Waals surface area contributed by atoms with Crippen molar-refractivity contribution >= 4 is 23.6 Å². The minimum atomic E-state index is -3.25. The number of rotatable bonds is 9. The van der Waals surface area contributed by atoms with Crippen LogP contribution in [-0.2, 0) is 23.8 Å². The quantitative estimate of drug-likeness (QED) is 0.384. The Morgan fingerprint density at radius 1 is 1.20 bits per heavy atom. The van der Waals surface area contributed by atoms with Gasteiger partial charge in [0.15, 0.2) is 6.10 Å². The van der Waals surface area contributed by atoms with E-state index in [0.29, 0.717) is 0 Å². The van der Waals surface area contributed by atoms with Gasteiger partial charge >= 0.3 is 17.9 Å². The SMILES string of the molecule is [2H]C([2H])([2H])C([2H])([2H])CC(=O)O[C@@H]1[C@@H](OC(=O)CC([2H])([2H])C([2H])([2H])[2H])[C@H](Oc2ccc(N)cc2C(=O)O)OC[C@H]1O. The van der Waals surface area contributed by atoms with E-state index in [1.807, 2.05) is 0 Å². The second-order valence-corrected chi connectivity index (χ2v) is 6.06. The highest BCUT2D eigenvalue weighted by molar-refractivity contribution is 5.92. The number of carbonyl (C=O) groups excluding carboxylic acids is 2. The van der Waals surface area contributed by atoms with Crippen LogP contribution in [0.2, 0.25) is 0 Å². The van der Waals surface area contributed by atoms with Gasteiger partial charge in [0.25, 0.3) is 0 Å². The lowest BCUT2D eigenvalue weighted by atomic mass is 10.0. The molecule has 0 unspecified atom stereocenters. The van der Waals surface area contributed by atoms with E-state index in [0.717, 1.165) is 12.1 Å². The Morgan fingerprint density at radius 2 is 1.83 bits per heavy atom. The molecule has 0 aromatic heterocycles. The van der Waals surface area contributed by atoms with Crippen LogP contribution in [0.25, 0.3) is 0 Å². The topological polar surface area (TPSA) is 155 Å². The summed E-state index contributed by atoms with van der Waals surface area (Å²) >= 11 is 0. The molecule has 0 radical (unpaired) electrons. The van der Waals surface area contributed by atoms with Crippen LogP contribution in [0, 0.1) is 0 Å². The first kappa shape index (κ1) is 12.8. The Hall–Kier alpha value is -2.85. The van der Waals surface area contributed by atoms with Crippen LogP contribution in [0.1, 0.15) is 63.4 Å². The average molecular weight is 435 g/mol. The predicted octanol–water partition coefficient (Wildman–Crippen LogP) is 1.49. The lowest BCUT2D eigenvalue weighted by Gasteiger charge is -2.39. The second kappa shape index (κ2) is 10.8. The summed E-state index contributed by atoms with van der Waals surface area (Å²) in [6, 6.07) is 3.39. The van der Waals surface area contributed by atoms with Gasteiger partial charge in [0, 0.05) is 32.2 Å². The van der Waals surface area contributed by atoms with E-state index < -0.39 is 94.0 Å². The van der Waals surface area contributed by atoms with Gasteiger partial charge in [-0.3, -0.25) is 9.59 Å². The molecule has 30 heavy (non-hydrogen) atoms. The normalized spacial score (nSPS) is 30.2. The number of aliphatic hydroxyl groups is 1. The summed E-state index contributed by atoms with van der Waals surface area (Å²) in [7, 11) is 0. The van der Waals surface area contributed by atoms with E-state index in [-0.39, 0.29) is 11.4 Å². The molecule has 2 rings (SSSR count). The van der Waals surface area contributed by atoms with Gasteiger partial charge in [-0.1, -0.05) is 13.7 Å². The van der Waals surface area contributed by atoms with Gasteiger partial charge in [0.2, 0.25) is 12.4 Å². The molecular formula is C20H27NO9. The number of hydrogen-bond donors (Lipinski definition) is 3. The molecule has 0 saturated carbocycles. The number of aromatic carboxylic acids is 1. The van der Waals surface area contributed by atoms with Crippen molar-refractivity contribution in [3.63, 3.8) is 0 Å². The maximum absolute atomic E-state index is 12.6. The summed E-state index contributed by atoms with van der Waals surface area (Å²) in [6.07, 6.45) is -16.3. The molecule has 1 aromatic rings. The Labute approximate surface area is 187 Å². The number of carboxylic acids is 1. The number of carboxylic acid groups (broad SMARTS) is 1. The lowest BCUT2D eigenvalue weighted by Crippen LogP contribution is -2.58. The summed E-state index contributed by atoms with van der Waals surface area (Å²) in [5, 5.41) is 19.9. The van der Waals surface area contributed by atoms with Crippen molar-refractivity contribution in [1.82, 2.24) is 0 Å². The largest absolute Gasteiger partial charge is 0.478 e. The zero-order valence-electron chi connectivity index (χ0n) is 25.5. The standard InChI is InChI=1S/C20H27NO9/c1-3-5-15(23)29-17-13(22)10-27-20(18(17)30-16(24)6-4-2)28-14-8-7-11(21)9-12(14)19(25)26/h7-9,13,17-18,20,22H,3-6,10,21H2,1-2H3,(H,25,26)/t13-,17+,18-,20+/m1/s1/i1D3,2D3,3D2,4D2. The Bertz CT molecular complexity index is 1110. The molecule has 166 valence electrons. The van der Waals surface area contributed by atoms with Crippen LogP contribution >= 0.6 is 0 Å². The fourth-order valence-electron chi connectivity index (χ4n) is 2.60. The molecule has 0 bridgehead atoms. The van der Waals surface area contributed by atoms with Crippen molar-refractivity contribution in [2.75, 3.05) is 12.3 Å². The number of nitrogen functional groups attached to an aromatic ring is 1. The summed E-state index contributed by atoms with van der Waals surface area (Å²) < 4.78 is 95.0.